The van der Waals surface area contributed by atoms with Crippen LogP contribution in [0.2, 0.25) is 0 Å². The number of nitrogens with zero attached hydrogens (tertiary/aromatic N) is 2. The van der Waals surface area contributed by atoms with E-state index in [1.165, 1.54) is 6.92 Å². The van der Waals surface area contributed by atoms with E-state index in [9.17, 15) is 9.59 Å². The Kier molecular flexibility index (Phi) is 6.54. The van der Waals surface area contributed by atoms with E-state index in [1.54, 1.807) is 12.3 Å². The van der Waals surface area contributed by atoms with E-state index in [2.05, 4.69) is 15.3 Å². The van der Waals surface area contributed by atoms with E-state index in [4.69, 9.17) is 9.15 Å². The number of hydrogen-bond donors (Lipinski definition) is 1. The van der Waals surface area contributed by atoms with Gasteiger partial charge in [0.2, 0.25) is 5.55 Å². The molecule has 0 bridgehead atoms. The average Bonchev–Trinajstić information content (AvgIpc) is 2.80. The standard InChI is InChI=1S/C27H25N3O4/c1-16-8-10-21(11-9-16)29-26(32)24-13-23-20(15-33-19(4)31)14-28-18(3)25(23)34-27(24)30-22-7-5-6-17(2)12-22/h5-14H,15H2,1-4H3,(H,29,32). The summed E-state index contributed by atoms with van der Waals surface area (Å²) in [6, 6.07) is 16.8. The molecule has 2 aromatic carbocycles. The van der Waals surface area contributed by atoms with Crippen molar-refractivity contribution in [2.75, 3.05) is 5.32 Å². The Labute approximate surface area is 197 Å². The minimum Gasteiger partial charge on any atom is -0.461 e. The summed E-state index contributed by atoms with van der Waals surface area (Å²) in [4.78, 5) is 33.7. The van der Waals surface area contributed by atoms with Gasteiger partial charge in [-0.1, -0.05) is 29.8 Å². The van der Waals surface area contributed by atoms with Crippen molar-refractivity contribution in [3.8, 4) is 0 Å². The fraction of sp³-hybridized carbons (Fsp3) is 0.185. The molecule has 0 aliphatic heterocycles. The van der Waals surface area contributed by atoms with E-state index in [1.807, 2.05) is 69.3 Å². The summed E-state index contributed by atoms with van der Waals surface area (Å²) in [5, 5.41) is 3.54. The lowest BCUT2D eigenvalue weighted by Crippen LogP contribution is -2.22. The van der Waals surface area contributed by atoms with Crippen LogP contribution in [-0.4, -0.2) is 16.9 Å². The fourth-order valence-corrected chi connectivity index (χ4v) is 3.48. The van der Waals surface area contributed by atoms with Crippen LogP contribution < -0.4 is 10.9 Å². The summed E-state index contributed by atoms with van der Waals surface area (Å²) >= 11 is 0. The Hall–Kier alpha value is -4.26. The molecule has 0 spiro atoms. The first-order chi connectivity index (χ1) is 16.3. The SMILES string of the molecule is CC(=O)OCc1cnc(C)c2oc(=Nc3cccc(C)c3)c(C(=O)Nc3ccc(C)cc3)cc12. The van der Waals surface area contributed by atoms with Crippen LogP contribution in [0.3, 0.4) is 0 Å². The van der Waals surface area contributed by atoms with Gasteiger partial charge in [0.1, 0.15) is 12.2 Å². The number of benzene rings is 2. The molecule has 0 aliphatic rings. The Balaban J connectivity index is 1.90. The third-order valence-corrected chi connectivity index (χ3v) is 5.27. The van der Waals surface area contributed by atoms with Crippen molar-refractivity contribution in [3.63, 3.8) is 0 Å². The number of fused-ring (bicyclic) bond motifs is 1. The first kappa shape index (κ1) is 22.9. The molecule has 0 saturated heterocycles. The molecule has 0 fully saturated rings. The highest BCUT2D eigenvalue weighted by atomic mass is 16.5. The first-order valence-corrected chi connectivity index (χ1v) is 10.9. The Morgan fingerprint density at radius 2 is 1.79 bits per heavy atom. The van der Waals surface area contributed by atoms with Crippen LogP contribution in [0, 0.1) is 20.8 Å². The number of hydrogen-bond acceptors (Lipinski definition) is 6. The van der Waals surface area contributed by atoms with Crippen LogP contribution in [0.4, 0.5) is 11.4 Å². The number of aromatic nitrogens is 1. The molecular weight excluding hydrogens is 430 g/mol. The highest BCUT2D eigenvalue weighted by Gasteiger charge is 2.17. The van der Waals surface area contributed by atoms with E-state index in [-0.39, 0.29) is 23.6 Å². The quantitative estimate of drug-likeness (QED) is 0.412. The molecule has 0 atom stereocenters. The second-order valence-corrected chi connectivity index (χ2v) is 8.13. The zero-order valence-electron chi connectivity index (χ0n) is 19.5. The summed E-state index contributed by atoms with van der Waals surface area (Å²) in [5.41, 5.74) is 5.60. The van der Waals surface area contributed by atoms with Crippen molar-refractivity contribution in [1.29, 1.82) is 0 Å². The number of anilines is 1. The molecule has 4 aromatic rings. The molecule has 1 amide bonds. The molecule has 172 valence electrons. The van der Waals surface area contributed by atoms with Crippen molar-refractivity contribution in [2.45, 2.75) is 34.3 Å². The van der Waals surface area contributed by atoms with Gasteiger partial charge in [-0.3, -0.25) is 14.6 Å². The Bertz CT molecular complexity index is 1450. The number of esters is 1. The number of carbonyl (C=O) groups excluding carboxylic acids is 2. The summed E-state index contributed by atoms with van der Waals surface area (Å²) in [6.07, 6.45) is 1.62. The Morgan fingerprint density at radius 3 is 2.50 bits per heavy atom. The van der Waals surface area contributed by atoms with Gasteiger partial charge in [0.25, 0.3) is 5.91 Å². The molecule has 2 heterocycles. The van der Waals surface area contributed by atoms with E-state index >= 15 is 0 Å². The smallest absolute Gasteiger partial charge is 0.302 e. The molecule has 7 nitrogen and oxygen atoms in total. The molecule has 0 aliphatic carbocycles. The van der Waals surface area contributed by atoms with Gasteiger partial charge >= 0.3 is 5.97 Å². The summed E-state index contributed by atoms with van der Waals surface area (Å²) in [5.74, 6) is -0.775. The van der Waals surface area contributed by atoms with E-state index in [0.29, 0.717) is 33.6 Å². The van der Waals surface area contributed by atoms with Crippen LogP contribution in [0.1, 0.15) is 39.7 Å². The van der Waals surface area contributed by atoms with Gasteiger partial charge in [0.15, 0.2) is 5.58 Å². The number of ether oxygens (including phenoxy) is 1. The van der Waals surface area contributed by atoms with Crippen molar-refractivity contribution in [3.05, 3.63) is 94.3 Å². The van der Waals surface area contributed by atoms with E-state index < -0.39 is 5.97 Å². The van der Waals surface area contributed by atoms with Crippen LogP contribution >= 0.6 is 0 Å². The molecule has 1 N–H and O–H groups in total. The maximum Gasteiger partial charge on any atom is 0.302 e. The second kappa shape index (κ2) is 9.70. The zero-order chi connectivity index (χ0) is 24.2. The van der Waals surface area contributed by atoms with Crippen LogP contribution in [0.15, 0.2) is 70.2 Å². The van der Waals surface area contributed by atoms with E-state index in [0.717, 1.165) is 11.1 Å². The third kappa shape index (κ3) is 5.20. The van der Waals surface area contributed by atoms with Gasteiger partial charge < -0.3 is 14.5 Å². The maximum atomic E-state index is 13.4. The number of aryl methyl sites for hydroxylation is 3. The highest BCUT2D eigenvalue weighted by Crippen LogP contribution is 2.23. The fourth-order valence-electron chi connectivity index (χ4n) is 3.48. The predicted octanol–water partition coefficient (Wildman–Crippen LogP) is 5.30. The molecule has 0 radical (unpaired) electrons. The normalized spacial score (nSPS) is 11.5. The molecule has 7 heteroatoms. The van der Waals surface area contributed by atoms with Crippen LogP contribution in [0.5, 0.6) is 0 Å². The molecular formula is C27H25N3O4. The molecule has 4 rings (SSSR count). The first-order valence-electron chi connectivity index (χ1n) is 10.9. The van der Waals surface area contributed by atoms with Crippen LogP contribution in [0.25, 0.3) is 11.0 Å². The lowest BCUT2D eigenvalue weighted by molar-refractivity contribution is -0.142. The summed E-state index contributed by atoms with van der Waals surface area (Å²) in [7, 11) is 0. The van der Waals surface area contributed by atoms with Crippen molar-refractivity contribution >= 4 is 34.2 Å². The lowest BCUT2D eigenvalue weighted by Gasteiger charge is -2.11. The van der Waals surface area contributed by atoms with Gasteiger partial charge in [-0.15, -0.1) is 0 Å². The number of carbonyl (C=O) groups is 2. The summed E-state index contributed by atoms with van der Waals surface area (Å²) < 4.78 is 11.3. The van der Waals surface area contributed by atoms with Crippen LogP contribution in [-0.2, 0) is 16.1 Å². The van der Waals surface area contributed by atoms with Gasteiger partial charge in [-0.25, -0.2) is 4.99 Å². The Morgan fingerprint density at radius 1 is 1.03 bits per heavy atom. The minimum atomic E-state index is -0.408. The average molecular weight is 456 g/mol. The number of amides is 1. The number of nitrogens with one attached hydrogen (secondary N) is 1. The zero-order valence-corrected chi connectivity index (χ0v) is 19.5. The number of pyridine rings is 1. The molecule has 34 heavy (non-hydrogen) atoms. The molecule has 2 aromatic heterocycles. The maximum absolute atomic E-state index is 13.4. The third-order valence-electron chi connectivity index (χ3n) is 5.27. The topological polar surface area (TPSA) is 93.8 Å². The van der Waals surface area contributed by atoms with Gasteiger partial charge in [0.05, 0.1) is 11.4 Å². The lowest BCUT2D eigenvalue weighted by atomic mass is 10.1. The second-order valence-electron chi connectivity index (χ2n) is 8.13. The minimum absolute atomic E-state index is 0.0159. The highest BCUT2D eigenvalue weighted by molar-refractivity contribution is 6.05. The van der Waals surface area contributed by atoms with Gasteiger partial charge in [-0.05, 0) is 56.7 Å². The molecule has 0 saturated carbocycles. The van der Waals surface area contributed by atoms with Crippen molar-refractivity contribution in [1.82, 2.24) is 4.98 Å². The largest absolute Gasteiger partial charge is 0.461 e. The molecule has 0 unspecified atom stereocenters. The number of rotatable bonds is 5. The van der Waals surface area contributed by atoms with Crippen molar-refractivity contribution in [2.24, 2.45) is 4.99 Å². The van der Waals surface area contributed by atoms with Gasteiger partial charge in [-0.2, -0.15) is 0 Å². The van der Waals surface area contributed by atoms with Crippen molar-refractivity contribution < 1.29 is 18.7 Å². The van der Waals surface area contributed by atoms with Gasteiger partial charge in [0, 0.05) is 29.8 Å². The monoisotopic (exact) mass is 455 g/mol. The summed E-state index contributed by atoms with van der Waals surface area (Å²) in [6.45, 7) is 7.12. The predicted molar refractivity (Wildman–Crippen MR) is 130 cm³/mol.